The molecule has 0 amide bonds. The van der Waals surface area contributed by atoms with Crippen molar-refractivity contribution in [1.82, 2.24) is 19.9 Å². The van der Waals surface area contributed by atoms with Crippen LogP contribution in [0.5, 0.6) is 0 Å². The number of carbonyl (C=O) groups excluding carboxylic acids is 1. The van der Waals surface area contributed by atoms with Crippen LogP contribution in [-0.2, 0) is 4.74 Å². The van der Waals surface area contributed by atoms with Gasteiger partial charge in [0.1, 0.15) is 24.5 Å². The van der Waals surface area contributed by atoms with Crippen LogP contribution in [0.4, 0.5) is 24.8 Å². The molecule has 3 heterocycles. The first-order chi connectivity index (χ1) is 14.9. The highest BCUT2D eigenvalue weighted by molar-refractivity contribution is 6.17. The second kappa shape index (κ2) is 8.50. The van der Waals surface area contributed by atoms with Gasteiger partial charge in [0.25, 0.3) is 0 Å². The standard InChI is InChI=1S/C20H21F3N6O2/c1-31-10-28-19-15-13(8-25-18(15)26-9-27-19)16(30)11-6-14(21)17(24-7-11)29-12-2-4-20(22,23)5-3-12/h6-9,12H,2-5,10H2,1H3,(H,24,29)(H2,25,26,27,28). The van der Waals surface area contributed by atoms with Crippen molar-refractivity contribution in [2.24, 2.45) is 0 Å². The Morgan fingerprint density at radius 3 is 2.74 bits per heavy atom. The lowest BCUT2D eigenvalue weighted by molar-refractivity contribution is -0.0361. The maximum absolute atomic E-state index is 14.6. The number of halogens is 3. The Morgan fingerprint density at radius 1 is 1.26 bits per heavy atom. The molecule has 1 fully saturated rings. The van der Waals surface area contributed by atoms with Crippen molar-refractivity contribution in [1.29, 1.82) is 0 Å². The molecule has 0 spiro atoms. The van der Waals surface area contributed by atoms with E-state index in [9.17, 15) is 18.0 Å². The second-order valence-electron chi connectivity index (χ2n) is 7.42. The number of methoxy groups -OCH3 is 1. The monoisotopic (exact) mass is 434 g/mol. The predicted molar refractivity (Wildman–Crippen MR) is 108 cm³/mol. The summed E-state index contributed by atoms with van der Waals surface area (Å²) in [6.45, 7) is 0.175. The summed E-state index contributed by atoms with van der Waals surface area (Å²) in [4.78, 5) is 28.2. The predicted octanol–water partition coefficient (Wildman–Crippen LogP) is 3.73. The van der Waals surface area contributed by atoms with Crippen LogP contribution in [0, 0.1) is 5.82 Å². The number of anilines is 2. The molecule has 0 aromatic carbocycles. The summed E-state index contributed by atoms with van der Waals surface area (Å²) in [5, 5.41) is 6.27. The minimum absolute atomic E-state index is 0.0423. The molecule has 1 saturated carbocycles. The summed E-state index contributed by atoms with van der Waals surface area (Å²) in [6, 6.07) is 0.795. The zero-order valence-corrected chi connectivity index (χ0v) is 16.7. The molecule has 3 aromatic heterocycles. The number of pyridine rings is 1. The molecule has 4 rings (SSSR count). The third-order valence-corrected chi connectivity index (χ3v) is 5.26. The molecule has 3 N–H and O–H groups in total. The number of fused-ring (bicyclic) bond motifs is 1. The van der Waals surface area contributed by atoms with Gasteiger partial charge in [0.15, 0.2) is 17.4 Å². The number of rotatable bonds is 7. The maximum Gasteiger partial charge on any atom is 0.248 e. The minimum Gasteiger partial charge on any atom is -0.365 e. The number of ether oxygens (including phenoxy) is 1. The van der Waals surface area contributed by atoms with E-state index in [1.807, 2.05) is 0 Å². The van der Waals surface area contributed by atoms with Crippen LogP contribution in [0.1, 0.15) is 41.6 Å². The Hall–Kier alpha value is -3.21. The lowest BCUT2D eigenvalue weighted by atomic mass is 9.92. The Morgan fingerprint density at radius 2 is 2.03 bits per heavy atom. The molecule has 31 heavy (non-hydrogen) atoms. The van der Waals surface area contributed by atoms with Gasteiger partial charge in [-0.2, -0.15) is 0 Å². The molecule has 11 heteroatoms. The van der Waals surface area contributed by atoms with Gasteiger partial charge in [-0.25, -0.2) is 28.1 Å². The molecular weight excluding hydrogens is 413 g/mol. The summed E-state index contributed by atoms with van der Waals surface area (Å²) in [6.07, 6.45) is 4.04. The van der Waals surface area contributed by atoms with Gasteiger partial charge in [0.05, 0.1) is 10.9 Å². The fourth-order valence-corrected chi connectivity index (χ4v) is 3.62. The molecule has 0 atom stereocenters. The average molecular weight is 434 g/mol. The molecule has 0 saturated heterocycles. The second-order valence-corrected chi connectivity index (χ2v) is 7.42. The van der Waals surface area contributed by atoms with Crippen molar-refractivity contribution in [3.8, 4) is 0 Å². The van der Waals surface area contributed by atoms with E-state index in [2.05, 4.69) is 30.6 Å². The van der Waals surface area contributed by atoms with E-state index in [0.29, 0.717) is 16.9 Å². The summed E-state index contributed by atoms with van der Waals surface area (Å²) in [5.41, 5.74) is 0.740. The van der Waals surface area contributed by atoms with Crippen molar-refractivity contribution in [2.75, 3.05) is 24.5 Å². The summed E-state index contributed by atoms with van der Waals surface area (Å²) in [7, 11) is 1.51. The summed E-state index contributed by atoms with van der Waals surface area (Å²) in [5.74, 6) is -3.51. The van der Waals surface area contributed by atoms with Crippen molar-refractivity contribution in [3.05, 3.63) is 41.7 Å². The zero-order chi connectivity index (χ0) is 22.0. The van der Waals surface area contributed by atoms with Crippen LogP contribution in [-0.4, -0.2) is 51.5 Å². The number of nitrogens with one attached hydrogen (secondary N) is 3. The lowest BCUT2D eigenvalue weighted by Crippen LogP contribution is -2.32. The normalized spacial score (nSPS) is 16.4. The van der Waals surface area contributed by atoms with Crippen LogP contribution in [0.15, 0.2) is 24.8 Å². The SMILES string of the molecule is COCNc1ncnc2[nH]cc(C(=O)c3cnc(NC4CCC(F)(F)CC4)c(F)c3)c12. The minimum atomic E-state index is -2.67. The first-order valence-corrected chi connectivity index (χ1v) is 9.77. The molecular formula is C20H21F3N6O2. The molecule has 3 aromatic rings. The van der Waals surface area contributed by atoms with E-state index in [4.69, 9.17) is 4.74 Å². The number of hydrogen-bond acceptors (Lipinski definition) is 7. The summed E-state index contributed by atoms with van der Waals surface area (Å²) < 4.78 is 46.2. The van der Waals surface area contributed by atoms with Gasteiger partial charge in [-0.15, -0.1) is 0 Å². The van der Waals surface area contributed by atoms with Crippen LogP contribution < -0.4 is 10.6 Å². The van der Waals surface area contributed by atoms with Gasteiger partial charge >= 0.3 is 0 Å². The average Bonchev–Trinajstić information content (AvgIpc) is 3.19. The van der Waals surface area contributed by atoms with E-state index in [1.54, 1.807) is 0 Å². The molecule has 0 bridgehead atoms. The highest BCUT2D eigenvalue weighted by Crippen LogP contribution is 2.34. The molecule has 8 nitrogen and oxygen atoms in total. The van der Waals surface area contributed by atoms with Crippen LogP contribution in [0.25, 0.3) is 11.0 Å². The van der Waals surface area contributed by atoms with Gasteiger partial charge < -0.3 is 20.4 Å². The maximum atomic E-state index is 14.6. The molecule has 0 aliphatic heterocycles. The molecule has 164 valence electrons. The smallest absolute Gasteiger partial charge is 0.248 e. The fourth-order valence-electron chi connectivity index (χ4n) is 3.62. The van der Waals surface area contributed by atoms with E-state index in [1.165, 1.54) is 25.8 Å². The number of aromatic amines is 1. The number of ketones is 1. The van der Waals surface area contributed by atoms with Crippen molar-refractivity contribution in [3.63, 3.8) is 0 Å². The van der Waals surface area contributed by atoms with E-state index < -0.39 is 17.5 Å². The van der Waals surface area contributed by atoms with Gasteiger partial charge in [-0.05, 0) is 18.9 Å². The van der Waals surface area contributed by atoms with Gasteiger partial charge in [0, 0.05) is 44.0 Å². The highest BCUT2D eigenvalue weighted by atomic mass is 19.3. The Labute approximate surface area is 175 Å². The van der Waals surface area contributed by atoms with Crippen molar-refractivity contribution >= 4 is 28.5 Å². The van der Waals surface area contributed by atoms with Gasteiger partial charge in [-0.3, -0.25) is 4.79 Å². The number of aromatic nitrogens is 4. The largest absolute Gasteiger partial charge is 0.365 e. The van der Waals surface area contributed by atoms with Crippen LogP contribution in [0.3, 0.4) is 0 Å². The Balaban J connectivity index is 1.55. The molecule has 0 unspecified atom stereocenters. The summed E-state index contributed by atoms with van der Waals surface area (Å²) >= 11 is 0. The quantitative estimate of drug-likeness (QED) is 0.384. The number of alkyl halides is 2. The number of nitrogens with zero attached hydrogens (tertiary/aromatic N) is 3. The first-order valence-electron chi connectivity index (χ1n) is 9.77. The number of carbonyl (C=O) groups is 1. The third-order valence-electron chi connectivity index (χ3n) is 5.26. The van der Waals surface area contributed by atoms with Crippen molar-refractivity contribution in [2.45, 2.75) is 37.6 Å². The lowest BCUT2D eigenvalue weighted by Gasteiger charge is -2.29. The first kappa shape index (κ1) is 21.0. The van der Waals surface area contributed by atoms with E-state index >= 15 is 0 Å². The zero-order valence-electron chi connectivity index (χ0n) is 16.7. The Bertz CT molecular complexity index is 1090. The molecule has 1 aliphatic carbocycles. The number of hydrogen-bond donors (Lipinski definition) is 3. The molecule has 1 aliphatic rings. The van der Waals surface area contributed by atoms with Crippen molar-refractivity contribution < 1.29 is 22.7 Å². The third kappa shape index (κ3) is 4.46. The Kier molecular flexibility index (Phi) is 5.77. The van der Waals surface area contributed by atoms with Gasteiger partial charge in [-0.1, -0.05) is 0 Å². The topological polar surface area (TPSA) is 105 Å². The van der Waals surface area contributed by atoms with Crippen LogP contribution in [0.2, 0.25) is 0 Å². The number of H-pyrrole nitrogens is 1. The fraction of sp³-hybridized carbons (Fsp3) is 0.400. The van der Waals surface area contributed by atoms with Gasteiger partial charge in [0.2, 0.25) is 5.92 Å². The highest BCUT2D eigenvalue weighted by Gasteiger charge is 2.35. The van der Waals surface area contributed by atoms with Crippen LogP contribution >= 0.6 is 0 Å². The van der Waals surface area contributed by atoms with E-state index in [0.717, 1.165) is 6.07 Å². The van der Waals surface area contributed by atoms with E-state index in [-0.39, 0.29) is 55.4 Å². The molecule has 0 radical (unpaired) electrons.